The van der Waals surface area contributed by atoms with Crippen LogP contribution in [-0.2, 0) is 9.53 Å². The molecule has 1 unspecified atom stereocenters. The van der Waals surface area contributed by atoms with Crippen LogP contribution in [0.1, 0.15) is 46.0 Å². The SMILES string of the molecule is CCC(C)CC(=O)CCOC1CCNCC1. The summed E-state index contributed by atoms with van der Waals surface area (Å²) in [7, 11) is 0. The fourth-order valence-electron chi connectivity index (χ4n) is 1.94. The highest BCUT2D eigenvalue weighted by Gasteiger charge is 2.14. The first-order chi connectivity index (χ1) is 7.72. The minimum Gasteiger partial charge on any atom is -0.378 e. The maximum absolute atomic E-state index is 11.6. The Balaban J connectivity index is 2.03. The van der Waals surface area contributed by atoms with Gasteiger partial charge in [0, 0.05) is 12.8 Å². The van der Waals surface area contributed by atoms with Crippen molar-refractivity contribution in [3.63, 3.8) is 0 Å². The number of carbonyl (C=O) groups excluding carboxylic acids is 1. The van der Waals surface area contributed by atoms with Gasteiger partial charge < -0.3 is 10.1 Å². The summed E-state index contributed by atoms with van der Waals surface area (Å²) >= 11 is 0. The predicted molar refractivity (Wildman–Crippen MR) is 65.5 cm³/mol. The average molecular weight is 227 g/mol. The number of ether oxygens (including phenoxy) is 1. The van der Waals surface area contributed by atoms with Crippen molar-refractivity contribution in [3.05, 3.63) is 0 Å². The Hall–Kier alpha value is -0.410. The average Bonchev–Trinajstić information content (AvgIpc) is 2.30. The van der Waals surface area contributed by atoms with E-state index in [1.165, 1.54) is 0 Å². The first-order valence-electron chi connectivity index (χ1n) is 6.56. The van der Waals surface area contributed by atoms with Gasteiger partial charge in [-0.3, -0.25) is 4.79 Å². The van der Waals surface area contributed by atoms with Crippen molar-refractivity contribution in [2.45, 2.75) is 52.1 Å². The summed E-state index contributed by atoms with van der Waals surface area (Å²) in [5, 5.41) is 3.30. The second-order valence-corrected chi connectivity index (χ2v) is 4.83. The van der Waals surface area contributed by atoms with Gasteiger partial charge in [-0.1, -0.05) is 20.3 Å². The zero-order chi connectivity index (χ0) is 11.8. The molecule has 0 aliphatic carbocycles. The molecule has 16 heavy (non-hydrogen) atoms. The normalized spacial score (nSPS) is 19.6. The van der Waals surface area contributed by atoms with E-state index < -0.39 is 0 Å². The van der Waals surface area contributed by atoms with Crippen LogP contribution in [0.25, 0.3) is 0 Å². The van der Waals surface area contributed by atoms with Crippen LogP contribution >= 0.6 is 0 Å². The fourth-order valence-corrected chi connectivity index (χ4v) is 1.94. The summed E-state index contributed by atoms with van der Waals surface area (Å²) in [5.41, 5.74) is 0. The lowest BCUT2D eigenvalue weighted by atomic mass is 10.0. The second-order valence-electron chi connectivity index (χ2n) is 4.83. The van der Waals surface area contributed by atoms with Crippen LogP contribution < -0.4 is 5.32 Å². The molecule has 3 nitrogen and oxygen atoms in total. The molecule has 0 saturated carbocycles. The molecule has 1 rings (SSSR count). The molecule has 1 saturated heterocycles. The number of carbonyl (C=O) groups is 1. The van der Waals surface area contributed by atoms with Crippen molar-refractivity contribution in [2.24, 2.45) is 5.92 Å². The molecule has 0 radical (unpaired) electrons. The monoisotopic (exact) mass is 227 g/mol. The van der Waals surface area contributed by atoms with Crippen molar-refractivity contribution in [1.82, 2.24) is 5.32 Å². The summed E-state index contributed by atoms with van der Waals surface area (Å²) in [4.78, 5) is 11.6. The molecule has 0 aromatic heterocycles. The quantitative estimate of drug-likeness (QED) is 0.724. The van der Waals surface area contributed by atoms with Gasteiger partial charge in [-0.2, -0.15) is 0 Å². The molecule has 1 aliphatic rings. The molecule has 0 spiro atoms. The smallest absolute Gasteiger partial charge is 0.135 e. The van der Waals surface area contributed by atoms with Crippen LogP contribution in [0.15, 0.2) is 0 Å². The third-order valence-corrected chi connectivity index (χ3v) is 3.29. The van der Waals surface area contributed by atoms with Crippen LogP contribution in [0.4, 0.5) is 0 Å². The molecule has 1 heterocycles. The Bertz CT molecular complexity index is 200. The number of nitrogens with one attached hydrogen (secondary N) is 1. The van der Waals surface area contributed by atoms with Crippen LogP contribution in [0.3, 0.4) is 0 Å². The summed E-state index contributed by atoms with van der Waals surface area (Å²) in [5.74, 6) is 0.870. The van der Waals surface area contributed by atoms with E-state index in [1.54, 1.807) is 0 Å². The summed E-state index contributed by atoms with van der Waals surface area (Å²) in [6.07, 6.45) is 4.93. The lowest BCUT2D eigenvalue weighted by Crippen LogP contribution is -2.32. The van der Waals surface area contributed by atoms with Gasteiger partial charge in [0.25, 0.3) is 0 Å². The molecule has 0 amide bonds. The molecular formula is C13H25NO2. The van der Waals surface area contributed by atoms with Gasteiger partial charge in [0.15, 0.2) is 0 Å². The molecule has 0 aromatic rings. The third-order valence-electron chi connectivity index (χ3n) is 3.29. The number of ketones is 1. The third kappa shape index (κ3) is 5.61. The van der Waals surface area contributed by atoms with E-state index in [1.807, 2.05) is 0 Å². The summed E-state index contributed by atoms with van der Waals surface area (Å²) in [6.45, 7) is 6.96. The number of Topliss-reactive ketones (excluding diaryl/α,β-unsaturated/α-hetero) is 1. The Labute approximate surface area is 98.9 Å². The highest BCUT2D eigenvalue weighted by atomic mass is 16.5. The molecule has 1 aliphatic heterocycles. The molecule has 1 fully saturated rings. The largest absolute Gasteiger partial charge is 0.378 e. The zero-order valence-electron chi connectivity index (χ0n) is 10.6. The number of piperidine rings is 1. The van der Waals surface area contributed by atoms with Crippen LogP contribution in [0.5, 0.6) is 0 Å². The molecular weight excluding hydrogens is 202 g/mol. The van der Waals surface area contributed by atoms with E-state index in [9.17, 15) is 4.79 Å². The Morgan fingerprint density at radius 1 is 1.44 bits per heavy atom. The van der Waals surface area contributed by atoms with Gasteiger partial charge in [0.1, 0.15) is 5.78 Å². The Kier molecular flexibility index (Phi) is 6.65. The van der Waals surface area contributed by atoms with Gasteiger partial charge in [0.2, 0.25) is 0 Å². The van der Waals surface area contributed by atoms with Crippen molar-refractivity contribution in [2.75, 3.05) is 19.7 Å². The first-order valence-corrected chi connectivity index (χ1v) is 6.56. The van der Waals surface area contributed by atoms with E-state index in [2.05, 4.69) is 19.2 Å². The molecule has 94 valence electrons. The minimum atomic E-state index is 0.350. The van der Waals surface area contributed by atoms with E-state index in [-0.39, 0.29) is 0 Å². The van der Waals surface area contributed by atoms with E-state index in [0.717, 1.165) is 32.4 Å². The van der Waals surface area contributed by atoms with Crippen LogP contribution in [-0.4, -0.2) is 31.6 Å². The molecule has 0 aromatic carbocycles. The van der Waals surface area contributed by atoms with Gasteiger partial charge in [0.05, 0.1) is 12.7 Å². The number of hydrogen-bond donors (Lipinski definition) is 1. The second kappa shape index (κ2) is 7.80. The van der Waals surface area contributed by atoms with Crippen molar-refractivity contribution < 1.29 is 9.53 Å². The fraction of sp³-hybridized carbons (Fsp3) is 0.923. The van der Waals surface area contributed by atoms with E-state index >= 15 is 0 Å². The zero-order valence-corrected chi connectivity index (χ0v) is 10.6. The van der Waals surface area contributed by atoms with Gasteiger partial charge in [-0.15, -0.1) is 0 Å². The van der Waals surface area contributed by atoms with Crippen molar-refractivity contribution in [1.29, 1.82) is 0 Å². The molecule has 0 bridgehead atoms. The van der Waals surface area contributed by atoms with Gasteiger partial charge in [-0.25, -0.2) is 0 Å². The molecule has 1 atom stereocenters. The van der Waals surface area contributed by atoms with Crippen molar-refractivity contribution >= 4 is 5.78 Å². The molecule has 1 N–H and O–H groups in total. The summed E-state index contributed by atoms with van der Waals surface area (Å²) < 4.78 is 5.71. The van der Waals surface area contributed by atoms with Crippen molar-refractivity contribution in [3.8, 4) is 0 Å². The predicted octanol–water partition coefficient (Wildman–Crippen LogP) is 2.15. The first kappa shape index (κ1) is 13.7. The minimum absolute atomic E-state index is 0.350. The summed E-state index contributed by atoms with van der Waals surface area (Å²) in [6, 6.07) is 0. The Morgan fingerprint density at radius 2 is 2.12 bits per heavy atom. The van der Waals surface area contributed by atoms with Crippen LogP contribution in [0.2, 0.25) is 0 Å². The van der Waals surface area contributed by atoms with E-state index in [0.29, 0.717) is 37.3 Å². The highest BCUT2D eigenvalue weighted by molar-refractivity contribution is 5.78. The highest BCUT2D eigenvalue weighted by Crippen LogP contribution is 2.10. The van der Waals surface area contributed by atoms with Gasteiger partial charge >= 0.3 is 0 Å². The maximum Gasteiger partial charge on any atom is 0.135 e. The lowest BCUT2D eigenvalue weighted by Gasteiger charge is -2.22. The maximum atomic E-state index is 11.6. The van der Waals surface area contributed by atoms with E-state index in [4.69, 9.17) is 4.74 Å². The standard InChI is InChI=1S/C13H25NO2/c1-3-11(2)10-12(15)6-9-16-13-4-7-14-8-5-13/h11,13-14H,3-10H2,1-2H3. The number of rotatable bonds is 7. The topological polar surface area (TPSA) is 38.3 Å². The van der Waals surface area contributed by atoms with Gasteiger partial charge in [-0.05, 0) is 31.8 Å². The molecule has 3 heteroatoms. The number of hydrogen-bond acceptors (Lipinski definition) is 3. The Morgan fingerprint density at radius 3 is 2.75 bits per heavy atom. The van der Waals surface area contributed by atoms with Crippen LogP contribution in [0, 0.1) is 5.92 Å². The lowest BCUT2D eigenvalue weighted by molar-refractivity contribution is -0.121.